The van der Waals surface area contributed by atoms with E-state index in [0.29, 0.717) is 12.2 Å². The minimum absolute atomic E-state index is 0.184. The zero-order chi connectivity index (χ0) is 20.9. The summed E-state index contributed by atoms with van der Waals surface area (Å²) in [6.07, 6.45) is -1.24. The number of methoxy groups -OCH3 is 1. The van der Waals surface area contributed by atoms with Crippen LogP contribution in [-0.2, 0) is 16.1 Å². The van der Waals surface area contributed by atoms with Crippen molar-refractivity contribution in [2.45, 2.75) is 19.6 Å². The smallest absolute Gasteiger partial charge is 0.475 e. The third-order valence-corrected chi connectivity index (χ3v) is 3.89. The van der Waals surface area contributed by atoms with Crippen LogP contribution in [0.1, 0.15) is 5.56 Å². The van der Waals surface area contributed by atoms with Crippen LogP contribution in [0.25, 0.3) is 22.2 Å². The minimum atomic E-state index is -5.08. The predicted molar refractivity (Wildman–Crippen MR) is 95.4 cm³/mol. The molecule has 0 unspecified atom stereocenters. The fourth-order valence-electron chi connectivity index (χ4n) is 2.43. The van der Waals surface area contributed by atoms with E-state index in [2.05, 4.69) is 15.6 Å². The molecule has 150 valence electrons. The van der Waals surface area contributed by atoms with Crippen molar-refractivity contribution >= 4 is 17.0 Å². The first-order valence-electron chi connectivity index (χ1n) is 8.14. The van der Waals surface area contributed by atoms with Crippen LogP contribution in [0, 0.1) is 12.7 Å². The Kier molecular flexibility index (Phi) is 6.74. The number of hydrogen-bond donors (Lipinski definition) is 1. The van der Waals surface area contributed by atoms with E-state index in [9.17, 15) is 17.6 Å². The molecule has 0 saturated heterocycles. The van der Waals surface area contributed by atoms with Crippen molar-refractivity contribution in [2.75, 3.05) is 13.7 Å². The van der Waals surface area contributed by atoms with Gasteiger partial charge in [0.15, 0.2) is 0 Å². The second-order valence-corrected chi connectivity index (χ2v) is 5.90. The molecule has 0 amide bonds. The molecule has 1 N–H and O–H groups in total. The quantitative estimate of drug-likeness (QED) is 0.661. The van der Waals surface area contributed by atoms with E-state index in [-0.39, 0.29) is 5.82 Å². The van der Waals surface area contributed by atoms with Crippen molar-refractivity contribution in [1.29, 1.82) is 0 Å². The topological polar surface area (TPSA) is 64.4 Å². The van der Waals surface area contributed by atoms with Gasteiger partial charge in [0.2, 0.25) is 0 Å². The van der Waals surface area contributed by atoms with Gasteiger partial charge in [-0.05, 0) is 42.3 Å². The number of aliphatic carboxylic acids is 1. The van der Waals surface area contributed by atoms with Crippen molar-refractivity contribution in [2.24, 2.45) is 0 Å². The maximum absolute atomic E-state index is 13.4. The summed E-state index contributed by atoms with van der Waals surface area (Å²) < 4.78 is 52.4. The predicted octanol–water partition coefficient (Wildman–Crippen LogP) is 4.43. The number of nitrogens with zero attached hydrogens (tertiary/aromatic N) is 2. The highest BCUT2D eigenvalue weighted by atomic mass is 19.4. The molecular weight excluding hydrogens is 380 g/mol. The zero-order valence-corrected chi connectivity index (χ0v) is 15.1. The van der Waals surface area contributed by atoms with E-state index in [1.165, 1.54) is 6.07 Å². The van der Waals surface area contributed by atoms with Gasteiger partial charge in [-0.1, -0.05) is 6.07 Å². The SMILES string of the molecule is COCCn1ccc2ncc(-c3ccc(F)c(C)c3)cc21.O=C(O)C(F)(F)F. The fraction of sp³-hybridized carbons (Fsp3) is 0.263. The molecule has 0 atom stereocenters. The third-order valence-electron chi connectivity index (χ3n) is 3.89. The van der Waals surface area contributed by atoms with E-state index < -0.39 is 12.1 Å². The van der Waals surface area contributed by atoms with Gasteiger partial charge < -0.3 is 14.4 Å². The molecule has 0 aliphatic rings. The molecule has 9 heteroatoms. The van der Waals surface area contributed by atoms with E-state index in [4.69, 9.17) is 14.6 Å². The van der Waals surface area contributed by atoms with Gasteiger partial charge in [-0.3, -0.25) is 4.98 Å². The lowest BCUT2D eigenvalue weighted by atomic mass is 10.0. The van der Waals surface area contributed by atoms with Crippen LogP contribution in [0.5, 0.6) is 0 Å². The number of hydrogen-bond acceptors (Lipinski definition) is 3. The molecule has 0 radical (unpaired) electrons. The highest BCUT2D eigenvalue weighted by molar-refractivity contribution is 5.81. The summed E-state index contributed by atoms with van der Waals surface area (Å²) in [5.74, 6) is -2.94. The Bertz CT molecular complexity index is 967. The number of aromatic nitrogens is 2. The maximum Gasteiger partial charge on any atom is 0.490 e. The summed E-state index contributed by atoms with van der Waals surface area (Å²) >= 11 is 0. The Balaban J connectivity index is 0.000000345. The monoisotopic (exact) mass is 398 g/mol. The number of halogens is 4. The largest absolute Gasteiger partial charge is 0.490 e. The summed E-state index contributed by atoms with van der Waals surface area (Å²) in [6.45, 7) is 3.21. The first kappa shape index (κ1) is 21.4. The Morgan fingerprint density at radius 2 is 1.89 bits per heavy atom. The highest BCUT2D eigenvalue weighted by Crippen LogP contribution is 2.25. The van der Waals surface area contributed by atoms with Crippen LogP contribution in [0.2, 0.25) is 0 Å². The van der Waals surface area contributed by atoms with Gasteiger partial charge in [0.25, 0.3) is 0 Å². The minimum Gasteiger partial charge on any atom is -0.475 e. The molecule has 0 aliphatic heterocycles. The van der Waals surface area contributed by atoms with Crippen LogP contribution in [0.15, 0.2) is 42.7 Å². The summed E-state index contributed by atoms with van der Waals surface area (Å²) in [4.78, 5) is 13.4. The Morgan fingerprint density at radius 1 is 1.21 bits per heavy atom. The van der Waals surface area contributed by atoms with E-state index in [0.717, 1.165) is 28.7 Å². The van der Waals surface area contributed by atoms with Gasteiger partial charge in [-0.25, -0.2) is 9.18 Å². The zero-order valence-electron chi connectivity index (χ0n) is 15.1. The molecular formula is C19H18F4N2O3. The number of aryl methyl sites for hydroxylation is 1. The van der Waals surface area contributed by atoms with E-state index in [1.807, 2.05) is 24.5 Å². The van der Waals surface area contributed by atoms with Crippen molar-refractivity contribution < 1.29 is 32.2 Å². The maximum atomic E-state index is 13.4. The lowest BCUT2D eigenvalue weighted by molar-refractivity contribution is -0.192. The number of carboxylic acid groups (broad SMARTS) is 1. The summed E-state index contributed by atoms with van der Waals surface area (Å²) in [5.41, 5.74) is 4.62. The fourth-order valence-corrected chi connectivity index (χ4v) is 2.43. The lowest BCUT2D eigenvalue weighted by Gasteiger charge is -2.07. The van der Waals surface area contributed by atoms with Gasteiger partial charge in [0, 0.05) is 31.6 Å². The second-order valence-electron chi connectivity index (χ2n) is 5.90. The molecule has 5 nitrogen and oxygen atoms in total. The summed E-state index contributed by atoms with van der Waals surface area (Å²) in [7, 11) is 1.69. The molecule has 2 heterocycles. The normalized spacial score (nSPS) is 11.2. The number of rotatable bonds is 4. The third kappa shape index (κ3) is 5.29. The molecule has 28 heavy (non-hydrogen) atoms. The molecule has 0 saturated carbocycles. The number of pyridine rings is 1. The second kappa shape index (κ2) is 8.83. The molecule has 0 aliphatic carbocycles. The number of alkyl halides is 3. The average Bonchev–Trinajstić information content (AvgIpc) is 3.04. The van der Waals surface area contributed by atoms with Crippen LogP contribution >= 0.6 is 0 Å². The highest BCUT2D eigenvalue weighted by Gasteiger charge is 2.38. The van der Waals surface area contributed by atoms with Gasteiger partial charge in [0.1, 0.15) is 5.82 Å². The summed E-state index contributed by atoms with van der Waals surface area (Å²) in [6, 6.07) is 9.21. The molecule has 2 aromatic heterocycles. The molecule has 0 spiro atoms. The molecule has 3 rings (SSSR count). The van der Waals surface area contributed by atoms with Crippen LogP contribution < -0.4 is 0 Å². The number of benzene rings is 1. The Hall–Kier alpha value is -2.94. The van der Waals surface area contributed by atoms with Crippen LogP contribution in [0.4, 0.5) is 17.6 Å². The van der Waals surface area contributed by atoms with Crippen molar-refractivity contribution in [3.8, 4) is 11.1 Å². The first-order valence-corrected chi connectivity index (χ1v) is 8.14. The average molecular weight is 398 g/mol. The molecule has 0 bridgehead atoms. The van der Waals surface area contributed by atoms with Crippen LogP contribution in [-0.4, -0.2) is 40.5 Å². The molecule has 1 aromatic carbocycles. The van der Waals surface area contributed by atoms with E-state index >= 15 is 0 Å². The lowest BCUT2D eigenvalue weighted by Crippen LogP contribution is -2.21. The Labute approximate surface area is 158 Å². The van der Waals surface area contributed by atoms with Crippen molar-refractivity contribution in [3.05, 3.63) is 54.1 Å². The van der Waals surface area contributed by atoms with Gasteiger partial charge in [0.05, 0.1) is 17.6 Å². The number of carboxylic acids is 1. The summed E-state index contributed by atoms with van der Waals surface area (Å²) in [5, 5.41) is 7.12. The number of carbonyl (C=O) groups is 1. The first-order chi connectivity index (χ1) is 13.1. The van der Waals surface area contributed by atoms with E-state index in [1.54, 1.807) is 20.1 Å². The number of fused-ring (bicyclic) bond motifs is 1. The van der Waals surface area contributed by atoms with Crippen molar-refractivity contribution in [1.82, 2.24) is 9.55 Å². The molecule has 3 aromatic rings. The van der Waals surface area contributed by atoms with Gasteiger partial charge in [-0.2, -0.15) is 13.2 Å². The number of ether oxygens (including phenoxy) is 1. The van der Waals surface area contributed by atoms with Gasteiger partial charge in [-0.15, -0.1) is 0 Å². The standard InChI is InChI=1S/C17H17FN2O.C2HF3O2/c1-12-9-13(3-4-15(12)18)14-10-17-16(19-11-14)5-6-20(17)7-8-21-2;3-2(4,5)1(6)7/h3-6,9-11H,7-8H2,1-2H3;(H,6,7). The van der Waals surface area contributed by atoms with Gasteiger partial charge >= 0.3 is 12.1 Å². The van der Waals surface area contributed by atoms with Crippen LogP contribution in [0.3, 0.4) is 0 Å². The Morgan fingerprint density at radius 3 is 2.46 bits per heavy atom. The van der Waals surface area contributed by atoms with Crippen molar-refractivity contribution in [3.63, 3.8) is 0 Å². The molecule has 0 fully saturated rings.